The lowest BCUT2D eigenvalue weighted by molar-refractivity contribution is -0.126. The summed E-state index contributed by atoms with van der Waals surface area (Å²) in [6.45, 7) is -0.0595. The summed E-state index contributed by atoms with van der Waals surface area (Å²) in [6.07, 6.45) is 1.28. The second-order valence-corrected chi connectivity index (χ2v) is 8.37. The molecule has 1 unspecified atom stereocenters. The number of benzene rings is 4. The first-order valence-electron chi connectivity index (χ1n) is 12.0. The number of aldehydes is 1. The van der Waals surface area contributed by atoms with Gasteiger partial charge in [-0.25, -0.2) is 0 Å². The monoisotopic (exact) mass is 493 g/mol. The lowest BCUT2D eigenvalue weighted by Gasteiger charge is -2.12. The van der Waals surface area contributed by atoms with E-state index in [9.17, 15) is 14.4 Å². The minimum absolute atomic E-state index is 0.0595. The summed E-state index contributed by atoms with van der Waals surface area (Å²) < 4.78 is 0. The van der Waals surface area contributed by atoms with Gasteiger partial charge in [0.2, 0.25) is 11.8 Å². The molecule has 0 aliphatic heterocycles. The van der Waals surface area contributed by atoms with E-state index in [1.165, 1.54) is 12.6 Å². The second-order valence-electron chi connectivity index (χ2n) is 8.37. The Hall–Kier alpha value is -4.55. The molecule has 37 heavy (non-hydrogen) atoms. The van der Waals surface area contributed by atoms with E-state index in [2.05, 4.69) is 22.8 Å². The maximum atomic E-state index is 11.8. The van der Waals surface area contributed by atoms with Crippen LogP contribution in [0.1, 0.15) is 15.9 Å². The molecule has 4 rings (SSSR count). The molecule has 0 heterocycles. The van der Waals surface area contributed by atoms with Gasteiger partial charge in [-0.15, -0.1) is 0 Å². The highest BCUT2D eigenvalue weighted by Crippen LogP contribution is 2.20. The van der Waals surface area contributed by atoms with Gasteiger partial charge in [0.25, 0.3) is 0 Å². The molecule has 0 fully saturated rings. The Labute approximate surface area is 217 Å². The molecule has 0 spiro atoms. The predicted octanol–water partition coefficient (Wildman–Crippen LogP) is 4.25. The van der Waals surface area contributed by atoms with E-state index in [0.29, 0.717) is 12.0 Å². The van der Waals surface area contributed by atoms with Gasteiger partial charge in [-0.1, -0.05) is 109 Å². The topological polar surface area (TPSA) is 101 Å². The van der Waals surface area contributed by atoms with Crippen LogP contribution < -0.4 is 16.4 Å². The van der Waals surface area contributed by atoms with E-state index in [-0.39, 0.29) is 18.4 Å². The van der Waals surface area contributed by atoms with Crippen molar-refractivity contribution >= 4 is 18.1 Å². The van der Waals surface area contributed by atoms with Crippen LogP contribution in [0.4, 0.5) is 0 Å². The smallest absolute Gasteiger partial charge is 0.239 e. The Balaban J connectivity index is 0.000000231. The van der Waals surface area contributed by atoms with E-state index < -0.39 is 6.04 Å². The summed E-state index contributed by atoms with van der Waals surface area (Å²) in [4.78, 5) is 33.4. The van der Waals surface area contributed by atoms with Crippen molar-refractivity contribution < 1.29 is 14.4 Å². The van der Waals surface area contributed by atoms with E-state index in [1.807, 2.05) is 97.1 Å². The molecule has 2 amide bonds. The van der Waals surface area contributed by atoms with Gasteiger partial charge in [0.15, 0.2) is 0 Å². The maximum Gasteiger partial charge on any atom is 0.239 e. The van der Waals surface area contributed by atoms with E-state index >= 15 is 0 Å². The van der Waals surface area contributed by atoms with Gasteiger partial charge in [0.1, 0.15) is 6.29 Å². The summed E-state index contributed by atoms with van der Waals surface area (Å²) in [6, 6.07) is 35.0. The number of hydrogen-bond donors (Lipinski definition) is 3. The van der Waals surface area contributed by atoms with Gasteiger partial charge in [-0.05, 0) is 34.2 Å². The molecule has 6 nitrogen and oxygen atoms in total. The molecule has 188 valence electrons. The molecule has 4 aromatic rings. The Bertz CT molecular complexity index is 1270. The number of nitrogens with one attached hydrogen (secondary N) is 2. The van der Waals surface area contributed by atoms with Crippen LogP contribution in [-0.2, 0) is 16.0 Å². The van der Waals surface area contributed by atoms with Crippen LogP contribution in [0, 0.1) is 0 Å². The third-order valence-corrected chi connectivity index (χ3v) is 5.71. The van der Waals surface area contributed by atoms with E-state index in [1.54, 1.807) is 0 Å². The number of rotatable bonds is 8. The van der Waals surface area contributed by atoms with Gasteiger partial charge in [-0.2, -0.15) is 0 Å². The molecule has 4 aromatic carbocycles. The predicted molar refractivity (Wildman–Crippen MR) is 148 cm³/mol. The van der Waals surface area contributed by atoms with Crippen molar-refractivity contribution in [2.24, 2.45) is 5.73 Å². The van der Waals surface area contributed by atoms with E-state index in [4.69, 9.17) is 5.73 Å². The molecule has 1 atom stereocenters. The Kier molecular flexibility index (Phi) is 10.3. The number of carbonyl (C=O) groups is 3. The fourth-order valence-corrected chi connectivity index (χ4v) is 3.58. The third kappa shape index (κ3) is 8.56. The van der Waals surface area contributed by atoms with Crippen LogP contribution in [0.15, 0.2) is 109 Å². The SMILES string of the molecule is CNC(=O)CNC(=O)C(N)Cc1ccc(-c2ccccc2)cc1.O=Cc1ccc(-c2ccccc2)cc1. The fourth-order valence-electron chi connectivity index (χ4n) is 3.58. The van der Waals surface area contributed by atoms with Crippen LogP contribution in [0.2, 0.25) is 0 Å². The molecule has 0 saturated heterocycles. The van der Waals surface area contributed by atoms with Gasteiger partial charge < -0.3 is 16.4 Å². The summed E-state index contributed by atoms with van der Waals surface area (Å²) in [5.74, 6) is -0.585. The first-order chi connectivity index (χ1) is 18.0. The van der Waals surface area contributed by atoms with Gasteiger partial charge in [0, 0.05) is 12.6 Å². The second kappa shape index (κ2) is 14.1. The van der Waals surface area contributed by atoms with Crippen molar-refractivity contribution in [1.29, 1.82) is 0 Å². The normalized spacial score (nSPS) is 10.9. The Morgan fingerprint density at radius 1 is 0.730 bits per heavy atom. The van der Waals surface area contributed by atoms with Crippen molar-refractivity contribution in [3.05, 3.63) is 120 Å². The number of hydrogen-bond acceptors (Lipinski definition) is 4. The van der Waals surface area contributed by atoms with Gasteiger partial charge >= 0.3 is 0 Å². The Morgan fingerprint density at radius 2 is 1.19 bits per heavy atom. The highest BCUT2D eigenvalue weighted by atomic mass is 16.2. The minimum Gasteiger partial charge on any atom is -0.358 e. The number of carbonyl (C=O) groups excluding carboxylic acids is 3. The van der Waals surface area contributed by atoms with Crippen molar-refractivity contribution in [3.8, 4) is 22.3 Å². The zero-order valence-corrected chi connectivity index (χ0v) is 20.8. The molecular formula is C31H31N3O3. The fraction of sp³-hybridized carbons (Fsp3) is 0.129. The van der Waals surface area contributed by atoms with E-state index in [0.717, 1.165) is 28.5 Å². The molecule has 0 radical (unpaired) electrons. The van der Waals surface area contributed by atoms with Crippen LogP contribution in [0.5, 0.6) is 0 Å². The number of amides is 2. The summed E-state index contributed by atoms with van der Waals surface area (Å²) in [5, 5.41) is 4.95. The quantitative estimate of drug-likeness (QED) is 0.319. The van der Waals surface area contributed by atoms with Crippen LogP contribution in [-0.4, -0.2) is 37.7 Å². The molecule has 0 aromatic heterocycles. The lowest BCUT2D eigenvalue weighted by atomic mass is 10.0. The maximum absolute atomic E-state index is 11.8. The van der Waals surface area contributed by atoms with Crippen LogP contribution in [0.3, 0.4) is 0 Å². The van der Waals surface area contributed by atoms with Crippen molar-refractivity contribution in [2.75, 3.05) is 13.6 Å². The summed E-state index contributed by atoms with van der Waals surface area (Å²) >= 11 is 0. The lowest BCUT2D eigenvalue weighted by Crippen LogP contribution is -2.45. The molecule has 0 saturated carbocycles. The molecular weight excluding hydrogens is 462 g/mol. The molecule has 0 aliphatic rings. The first-order valence-corrected chi connectivity index (χ1v) is 12.0. The molecule has 0 aliphatic carbocycles. The molecule has 0 bridgehead atoms. The standard InChI is InChI=1S/C18H21N3O2.C13H10O/c1-20-17(22)12-21-18(23)16(19)11-13-7-9-15(10-8-13)14-5-3-2-4-6-14;14-10-11-6-8-13(9-7-11)12-4-2-1-3-5-12/h2-10,16H,11-12,19H2,1H3,(H,20,22)(H,21,23);1-10H. The number of likely N-dealkylation sites (N-methyl/N-ethyl adjacent to an activating group) is 1. The van der Waals surface area contributed by atoms with Gasteiger partial charge in [-0.3, -0.25) is 14.4 Å². The average Bonchev–Trinajstić information content (AvgIpc) is 2.97. The summed E-state index contributed by atoms with van der Waals surface area (Å²) in [7, 11) is 1.52. The van der Waals surface area contributed by atoms with Crippen molar-refractivity contribution in [1.82, 2.24) is 10.6 Å². The highest BCUT2D eigenvalue weighted by molar-refractivity contribution is 5.87. The number of nitrogens with two attached hydrogens (primary N) is 1. The highest BCUT2D eigenvalue weighted by Gasteiger charge is 2.14. The zero-order valence-electron chi connectivity index (χ0n) is 20.8. The van der Waals surface area contributed by atoms with Crippen molar-refractivity contribution in [3.63, 3.8) is 0 Å². The largest absolute Gasteiger partial charge is 0.358 e. The summed E-state index contributed by atoms with van der Waals surface area (Å²) in [5.41, 5.74) is 12.1. The zero-order chi connectivity index (χ0) is 26.5. The minimum atomic E-state index is -0.678. The average molecular weight is 494 g/mol. The first kappa shape index (κ1) is 27.0. The molecule has 6 heteroatoms. The molecule has 4 N–H and O–H groups in total. The van der Waals surface area contributed by atoms with Crippen LogP contribution >= 0.6 is 0 Å². The van der Waals surface area contributed by atoms with Gasteiger partial charge in [0.05, 0.1) is 12.6 Å². The Morgan fingerprint density at radius 3 is 1.65 bits per heavy atom. The third-order valence-electron chi connectivity index (χ3n) is 5.71. The van der Waals surface area contributed by atoms with Crippen LogP contribution in [0.25, 0.3) is 22.3 Å². The van der Waals surface area contributed by atoms with Crippen molar-refractivity contribution in [2.45, 2.75) is 12.5 Å².